The second-order valence-corrected chi connectivity index (χ2v) is 4.50. The van der Waals surface area contributed by atoms with Crippen molar-refractivity contribution in [2.24, 2.45) is 0 Å². The molecule has 0 saturated heterocycles. The van der Waals surface area contributed by atoms with Crippen molar-refractivity contribution in [3.05, 3.63) is 41.4 Å². The highest BCUT2D eigenvalue weighted by Crippen LogP contribution is 2.27. The average molecular weight is 281 g/mol. The summed E-state index contributed by atoms with van der Waals surface area (Å²) in [6.45, 7) is 2.34. The Bertz CT molecular complexity index is 514. The van der Waals surface area contributed by atoms with Crippen LogP contribution >= 0.6 is 11.6 Å². The zero-order chi connectivity index (χ0) is 13.5. The maximum atomic E-state index is 6.12. The molecule has 2 rings (SSSR count). The first-order chi connectivity index (χ1) is 9.31. The predicted octanol–water partition coefficient (Wildman–Crippen LogP) is 2.77. The Morgan fingerprint density at radius 3 is 2.95 bits per heavy atom. The first-order valence-electron chi connectivity index (χ1n) is 6.20. The van der Waals surface area contributed by atoms with Gasteiger partial charge in [0.15, 0.2) is 11.7 Å². The lowest BCUT2D eigenvalue weighted by Crippen LogP contribution is -2.21. The fourth-order valence-corrected chi connectivity index (χ4v) is 1.93. The molecular weight excluding hydrogens is 264 g/mol. The van der Waals surface area contributed by atoms with Crippen molar-refractivity contribution in [1.82, 2.24) is 10.3 Å². The maximum absolute atomic E-state index is 6.12. The molecule has 0 saturated carbocycles. The number of rotatable bonds is 7. The van der Waals surface area contributed by atoms with Crippen molar-refractivity contribution >= 4 is 11.6 Å². The third-order valence-electron chi connectivity index (χ3n) is 2.69. The smallest absolute Gasteiger partial charge is 0.196 e. The van der Waals surface area contributed by atoms with Gasteiger partial charge < -0.3 is 14.5 Å². The van der Waals surface area contributed by atoms with E-state index in [1.807, 2.05) is 24.3 Å². The Hall–Kier alpha value is -1.36. The fourth-order valence-electron chi connectivity index (χ4n) is 1.71. The molecule has 5 heteroatoms. The van der Waals surface area contributed by atoms with E-state index in [1.54, 1.807) is 13.3 Å². The van der Waals surface area contributed by atoms with Crippen LogP contribution in [0.5, 0.6) is 0 Å². The largest absolute Gasteiger partial charge is 0.441 e. The van der Waals surface area contributed by atoms with Gasteiger partial charge in [0.05, 0.1) is 17.8 Å². The Labute approximate surface area is 117 Å². The Balaban J connectivity index is 1.91. The second kappa shape index (κ2) is 7.28. The zero-order valence-electron chi connectivity index (χ0n) is 10.9. The van der Waals surface area contributed by atoms with Gasteiger partial charge in [-0.2, -0.15) is 0 Å². The van der Waals surface area contributed by atoms with Crippen LogP contribution in [0.15, 0.2) is 34.9 Å². The molecular formula is C14H17ClN2O2. The molecule has 0 bridgehead atoms. The molecule has 0 aliphatic carbocycles. The molecule has 1 heterocycles. The van der Waals surface area contributed by atoms with E-state index in [0.717, 1.165) is 25.1 Å². The molecule has 0 unspecified atom stereocenters. The van der Waals surface area contributed by atoms with E-state index in [2.05, 4.69) is 10.3 Å². The molecule has 0 aliphatic rings. The highest BCUT2D eigenvalue weighted by atomic mass is 35.5. The minimum atomic E-state index is 0.670. The molecule has 4 nitrogen and oxygen atoms in total. The molecule has 102 valence electrons. The minimum Gasteiger partial charge on any atom is -0.441 e. The van der Waals surface area contributed by atoms with Gasteiger partial charge in [0.1, 0.15) is 0 Å². The van der Waals surface area contributed by atoms with Crippen molar-refractivity contribution in [3.63, 3.8) is 0 Å². The molecule has 19 heavy (non-hydrogen) atoms. The van der Waals surface area contributed by atoms with Crippen molar-refractivity contribution in [2.75, 3.05) is 26.8 Å². The summed E-state index contributed by atoms with van der Waals surface area (Å²) in [6.07, 6.45) is 2.46. The summed E-state index contributed by atoms with van der Waals surface area (Å²) < 4.78 is 10.6. The van der Waals surface area contributed by atoms with E-state index in [-0.39, 0.29) is 0 Å². The van der Waals surface area contributed by atoms with Gasteiger partial charge in [-0.1, -0.05) is 23.7 Å². The molecule has 0 fully saturated rings. The number of ether oxygens (including phenoxy) is 1. The summed E-state index contributed by atoms with van der Waals surface area (Å²) in [5.74, 6) is 1.41. The number of benzene rings is 1. The molecule has 0 atom stereocenters. The zero-order valence-corrected chi connectivity index (χ0v) is 11.6. The first-order valence-corrected chi connectivity index (χ1v) is 6.58. The lowest BCUT2D eigenvalue weighted by Gasteiger charge is -2.01. The number of methoxy groups -OCH3 is 1. The van der Waals surface area contributed by atoms with Gasteiger partial charge in [-0.15, -0.1) is 0 Å². The molecule has 0 aliphatic heterocycles. The third-order valence-corrected chi connectivity index (χ3v) is 3.02. The van der Waals surface area contributed by atoms with Gasteiger partial charge in [-0.05, 0) is 12.1 Å². The number of hydrogen-bond acceptors (Lipinski definition) is 4. The molecule has 0 radical (unpaired) electrons. The fraction of sp³-hybridized carbons (Fsp3) is 0.357. The van der Waals surface area contributed by atoms with Gasteiger partial charge in [0.25, 0.3) is 0 Å². The number of halogens is 1. The molecule has 0 spiro atoms. The van der Waals surface area contributed by atoms with Crippen LogP contribution < -0.4 is 5.32 Å². The molecule has 2 aromatic rings. The van der Waals surface area contributed by atoms with Crippen LogP contribution in [0.3, 0.4) is 0 Å². The quantitative estimate of drug-likeness (QED) is 0.792. The lowest BCUT2D eigenvalue weighted by atomic mass is 10.2. The summed E-state index contributed by atoms with van der Waals surface area (Å²) in [5.41, 5.74) is 0.871. The summed E-state index contributed by atoms with van der Waals surface area (Å²) in [5, 5.41) is 3.91. The minimum absolute atomic E-state index is 0.670. The lowest BCUT2D eigenvalue weighted by molar-refractivity contribution is 0.199. The standard InChI is InChI=1S/C14H17ClN2O2/c1-18-9-8-16-7-6-14-17-10-13(19-14)11-4-2-3-5-12(11)15/h2-5,10,16H,6-9H2,1H3. The van der Waals surface area contributed by atoms with Gasteiger partial charge in [0.2, 0.25) is 0 Å². The SMILES string of the molecule is COCCNCCc1ncc(-c2ccccc2Cl)o1. The van der Waals surface area contributed by atoms with E-state index in [9.17, 15) is 0 Å². The van der Waals surface area contributed by atoms with E-state index < -0.39 is 0 Å². The van der Waals surface area contributed by atoms with E-state index in [4.69, 9.17) is 20.8 Å². The van der Waals surface area contributed by atoms with Crippen LogP contribution in [0, 0.1) is 0 Å². The summed E-state index contributed by atoms with van der Waals surface area (Å²) in [4.78, 5) is 4.25. The van der Waals surface area contributed by atoms with Crippen molar-refractivity contribution in [3.8, 4) is 11.3 Å². The van der Waals surface area contributed by atoms with Crippen molar-refractivity contribution < 1.29 is 9.15 Å². The van der Waals surface area contributed by atoms with E-state index >= 15 is 0 Å². The van der Waals surface area contributed by atoms with Gasteiger partial charge in [-0.3, -0.25) is 0 Å². The van der Waals surface area contributed by atoms with Crippen LogP contribution in [0.25, 0.3) is 11.3 Å². The van der Waals surface area contributed by atoms with Crippen molar-refractivity contribution in [1.29, 1.82) is 0 Å². The van der Waals surface area contributed by atoms with Crippen LogP contribution in [0.2, 0.25) is 5.02 Å². The highest BCUT2D eigenvalue weighted by molar-refractivity contribution is 6.33. The Kier molecular flexibility index (Phi) is 5.39. The average Bonchev–Trinajstić information content (AvgIpc) is 2.88. The highest BCUT2D eigenvalue weighted by Gasteiger charge is 2.08. The molecule has 0 amide bonds. The van der Waals surface area contributed by atoms with E-state index in [0.29, 0.717) is 23.3 Å². The summed E-state index contributed by atoms with van der Waals surface area (Å²) >= 11 is 6.12. The first kappa shape index (κ1) is 14.1. The van der Waals surface area contributed by atoms with Crippen molar-refractivity contribution in [2.45, 2.75) is 6.42 Å². The van der Waals surface area contributed by atoms with Crippen LogP contribution in [-0.2, 0) is 11.2 Å². The van der Waals surface area contributed by atoms with Crippen LogP contribution in [-0.4, -0.2) is 31.8 Å². The molecule has 1 aromatic carbocycles. The molecule has 1 aromatic heterocycles. The summed E-state index contributed by atoms with van der Waals surface area (Å²) in [6, 6.07) is 7.58. The number of hydrogen-bond donors (Lipinski definition) is 1. The van der Waals surface area contributed by atoms with Gasteiger partial charge >= 0.3 is 0 Å². The monoisotopic (exact) mass is 280 g/mol. The number of nitrogens with zero attached hydrogens (tertiary/aromatic N) is 1. The Morgan fingerprint density at radius 1 is 1.32 bits per heavy atom. The predicted molar refractivity (Wildman–Crippen MR) is 75.4 cm³/mol. The Morgan fingerprint density at radius 2 is 2.16 bits per heavy atom. The number of aromatic nitrogens is 1. The van der Waals surface area contributed by atoms with E-state index in [1.165, 1.54) is 0 Å². The second-order valence-electron chi connectivity index (χ2n) is 4.09. The normalized spacial score (nSPS) is 10.8. The summed E-state index contributed by atoms with van der Waals surface area (Å²) in [7, 11) is 1.69. The topological polar surface area (TPSA) is 47.3 Å². The van der Waals surface area contributed by atoms with Gasteiger partial charge in [-0.25, -0.2) is 4.98 Å². The van der Waals surface area contributed by atoms with Gasteiger partial charge in [0, 0.05) is 32.2 Å². The number of nitrogens with one attached hydrogen (secondary N) is 1. The molecule has 1 N–H and O–H groups in total. The van der Waals surface area contributed by atoms with Crippen LogP contribution in [0.1, 0.15) is 5.89 Å². The maximum Gasteiger partial charge on any atom is 0.196 e. The third kappa shape index (κ3) is 4.06. The number of oxazole rings is 1. The van der Waals surface area contributed by atoms with Crippen LogP contribution in [0.4, 0.5) is 0 Å².